The maximum absolute atomic E-state index is 10.2. The Hall–Kier alpha value is -0.670. The molecular weight excluding hydrogens is 183 g/mol. The molecule has 0 aromatic carbocycles. The summed E-state index contributed by atoms with van der Waals surface area (Å²) in [5.41, 5.74) is 0. The van der Waals surface area contributed by atoms with E-state index in [1.54, 1.807) is 0 Å². The number of Topliss-reactive ketones (excluding diaryl/α,β-unsaturated/α-hetero) is 1. The normalized spacial score (nSPS) is 13.7. The molecule has 0 saturated carbocycles. The van der Waals surface area contributed by atoms with Gasteiger partial charge in [-0.1, -0.05) is 0 Å². The maximum Gasteiger partial charge on any atom is 0.313 e. The van der Waals surface area contributed by atoms with E-state index in [9.17, 15) is 14.2 Å². The second-order valence-corrected chi connectivity index (χ2v) is 4.93. The van der Waals surface area contributed by atoms with Crippen LogP contribution in [0.15, 0.2) is 0 Å². The first kappa shape index (κ1) is 13.9. The van der Waals surface area contributed by atoms with Crippen LogP contribution in [0.2, 0.25) is 0 Å². The van der Waals surface area contributed by atoms with Crippen LogP contribution < -0.4 is 0 Å². The molecule has 0 bridgehead atoms. The minimum atomic E-state index is -3.32. The standard InChI is InChI=1S/C3H7O4P.C3H6O/c1-8(6,7)2-3(4)5;1-3(2)4/h2H2,1H3,(H,4,5)(H,6,7);1-2H3. The third-order valence-electron chi connectivity index (χ3n) is 0.429. The summed E-state index contributed by atoms with van der Waals surface area (Å²) in [5.74, 6) is -1.07. The molecule has 0 heterocycles. The highest BCUT2D eigenvalue weighted by atomic mass is 31.2. The van der Waals surface area contributed by atoms with Crippen LogP contribution in [0.1, 0.15) is 13.8 Å². The van der Waals surface area contributed by atoms with Gasteiger partial charge in [0.1, 0.15) is 11.9 Å². The molecule has 0 rings (SSSR count). The third-order valence-corrected chi connectivity index (χ3v) is 1.29. The zero-order valence-corrected chi connectivity index (χ0v) is 8.17. The number of carboxylic acids is 1. The smallest absolute Gasteiger partial charge is 0.313 e. The highest BCUT2D eigenvalue weighted by Crippen LogP contribution is 2.33. The molecule has 12 heavy (non-hydrogen) atoms. The number of carbonyl (C=O) groups is 2. The van der Waals surface area contributed by atoms with Crippen molar-refractivity contribution < 1.29 is 24.2 Å². The van der Waals surface area contributed by atoms with Crippen LogP contribution in [0.4, 0.5) is 0 Å². The molecule has 1 atom stereocenters. The molecule has 0 aromatic heterocycles. The van der Waals surface area contributed by atoms with Gasteiger partial charge in [0.15, 0.2) is 0 Å². The van der Waals surface area contributed by atoms with Crippen molar-refractivity contribution >= 4 is 19.1 Å². The molecule has 0 aliphatic rings. The molecule has 0 amide bonds. The number of hydrogen-bond donors (Lipinski definition) is 2. The van der Waals surface area contributed by atoms with E-state index >= 15 is 0 Å². The van der Waals surface area contributed by atoms with Crippen molar-refractivity contribution in [3.63, 3.8) is 0 Å². The minimum absolute atomic E-state index is 0.167. The van der Waals surface area contributed by atoms with E-state index < -0.39 is 19.5 Å². The molecule has 0 saturated heterocycles. The van der Waals surface area contributed by atoms with Crippen LogP contribution in [-0.4, -0.2) is 34.6 Å². The van der Waals surface area contributed by atoms with Gasteiger partial charge in [-0.25, -0.2) is 0 Å². The molecule has 2 N–H and O–H groups in total. The van der Waals surface area contributed by atoms with Crippen LogP contribution in [0, 0.1) is 0 Å². The van der Waals surface area contributed by atoms with Crippen molar-refractivity contribution in [2.75, 3.05) is 12.8 Å². The molecule has 5 nitrogen and oxygen atoms in total. The monoisotopic (exact) mass is 196 g/mol. The van der Waals surface area contributed by atoms with Crippen LogP contribution in [0.5, 0.6) is 0 Å². The van der Waals surface area contributed by atoms with E-state index in [4.69, 9.17) is 10.00 Å². The lowest BCUT2D eigenvalue weighted by atomic mass is 10.6. The zero-order chi connectivity index (χ0) is 10.4. The zero-order valence-electron chi connectivity index (χ0n) is 7.27. The topological polar surface area (TPSA) is 91.7 Å². The van der Waals surface area contributed by atoms with Crippen molar-refractivity contribution in [2.45, 2.75) is 13.8 Å². The first-order valence-corrected chi connectivity index (χ1v) is 5.42. The van der Waals surface area contributed by atoms with Crippen molar-refractivity contribution in [3.05, 3.63) is 0 Å². The van der Waals surface area contributed by atoms with Gasteiger partial charge in [0.2, 0.25) is 7.37 Å². The predicted octanol–water partition coefficient (Wildman–Crippen LogP) is 0.566. The number of carboxylic acid groups (broad SMARTS) is 1. The van der Waals surface area contributed by atoms with Crippen LogP contribution in [0.25, 0.3) is 0 Å². The SMILES string of the molecule is CC(C)=O.CP(=O)(O)CC(=O)O. The van der Waals surface area contributed by atoms with Gasteiger partial charge in [-0.2, -0.15) is 0 Å². The molecule has 0 fully saturated rings. The average molecular weight is 196 g/mol. The number of ketones is 1. The van der Waals surface area contributed by atoms with Crippen molar-refractivity contribution in [1.29, 1.82) is 0 Å². The molecule has 0 spiro atoms. The number of aliphatic carboxylic acids is 1. The number of carbonyl (C=O) groups excluding carboxylic acids is 1. The lowest BCUT2D eigenvalue weighted by Gasteiger charge is -1.96. The molecular formula is C6H13O5P. The summed E-state index contributed by atoms with van der Waals surface area (Å²) >= 11 is 0. The van der Waals surface area contributed by atoms with Crippen LogP contribution >= 0.6 is 7.37 Å². The van der Waals surface area contributed by atoms with E-state index in [2.05, 4.69) is 0 Å². The van der Waals surface area contributed by atoms with E-state index in [-0.39, 0.29) is 5.78 Å². The van der Waals surface area contributed by atoms with Gasteiger partial charge in [0, 0.05) is 6.66 Å². The number of rotatable bonds is 2. The molecule has 0 aliphatic heterocycles. The fourth-order valence-electron chi connectivity index (χ4n) is 0.251. The summed E-state index contributed by atoms with van der Waals surface area (Å²) in [6.45, 7) is 4.07. The van der Waals surface area contributed by atoms with Crippen LogP contribution in [-0.2, 0) is 14.2 Å². The Morgan fingerprint density at radius 2 is 1.58 bits per heavy atom. The fourth-order valence-corrected chi connectivity index (χ4v) is 0.753. The van der Waals surface area contributed by atoms with E-state index in [1.807, 2.05) is 0 Å². The molecule has 6 heteroatoms. The average Bonchev–Trinajstić information content (AvgIpc) is 1.52. The molecule has 0 aliphatic carbocycles. The lowest BCUT2D eigenvalue weighted by molar-refractivity contribution is -0.134. The van der Waals surface area contributed by atoms with Crippen molar-refractivity contribution in [1.82, 2.24) is 0 Å². The Morgan fingerprint density at radius 1 is 1.33 bits per heavy atom. The van der Waals surface area contributed by atoms with Crippen molar-refractivity contribution in [3.8, 4) is 0 Å². The Labute approximate surface area is 70.9 Å². The molecule has 0 radical (unpaired) electrons. The Morgan fingerprint density at radius 3 is 1.58 bits per heavy atom. The van der Waals surface area contributed by atoms with E-state index in [1.165, 1.54) is 13.8 Å². The van der Waals surface area contributed by atoms with Gasteiger partial charge in [-0.15, -0.1) is 0 Å². The fraction of sp³-hybridized carbons (Fsp3) is 0.667. The van der Waals surface area contributed by atoms with Gasteiger partial charge in [-0.05, 0) is 13.8 Å². The summed E-state index contributed by atoms with van der Waals surface area (Å²) in [6, 6.07) is 0. The number of hydrogen-bond acceptors (Lipinski definition) is 3. The molecule has 72 valence electrons. The first-order chi connectivity index (χ1) is 5.15. The van der Waals surface area contributed by atoms with Gasteiger partial charge in [-0.3, -0.25) is 9.36 Å². The van der Waals surface area contributed by atoms with Gasteiger partial charge < -0.3 is 14.8 Å². The Balaban J connectivity index is 0. The summed E-state index contributed by atoms with van der Waals surface area (Å²) in [4.78, 5) is 27.5. The first-order valence-electron chi connectivity index (χ1n) is 3.13. The highest BCUT2D eigenvalue weighted by molar-refractivity contribution is 7.58. The van der Waals surface area contributed by atoms with Gasteiger partial charge in [0.05, 0.1) is 0 Å². The largest absolute Gasteiger partial charge is 0.481 e. The predicted molar refractivity (Wildman–Crippen MR) is 44.6 cm³/mol. The van der Waals surface area contributed by atoms with Crippen molar-refractivity contribution in [2.24, 2.45) is 0 Å². The van der Waals surface area contributed by atoms with E-state index in [0.717, 1.165) is 6.66 Å². The van der Waals surface area contributed by atoms with Gasteiger partial charge in [0.25, 0.3) is 0 Å². The van der Waals surface area contributed by atoms with Crippen LogP contribution in [0.3, 0.4) is 0 Å². The summed E-state index contributed by atoms with van der Waals surface area (Å²) in [5, 5.41) is 7.92. The molecule has 1 unspecified atom stereocenters. The minimum Gasteiger partial charge on any atom is -0.481 e. The maximum atomic E-state index is 10.2. The Kier molecular flexibility index (Phi) is 6.85. The summed E-state index contributed by atoms with van der Waals surface area (Å²) in [6.07, 6.45) is -0.646. The highest BCUT2D eigenvalue weighted by Gasteiger charge is 2.13. The summed E-state index contributed by atoms with van der Waals surface area (Å²) < 4.78 is 10.2. The van der Waals surface area contributed by atoms with E-state index in [0.29, 0.717) is 0 Å². The van der Waals surface area contributed by atoms with Gasteiger partial charge >= 0.3 is 5.97 Å². The second-order valence-electron chi connectivity index (χ2n) is 2.51. The third kappa shape index (κ3) is 34.5. The quantitative estimate of drug-likeness (QED) is 0.630. The molecule has 0 aromatic rings. The second kappa shape index (κ2) is 5.91. The lowest BCUT2D eigenvalue weighted by Crippen LogP contribution is -2.01. The summed E-state index contributed by atoms with van der Waals surface area (Å²) in [7, 11) is -3.32. The Bertz CT molecular complexity index is 200.